The van der Waals surface area contributed by atoms with E-state index in [4.69, 9.17) is 5.11 Å². The molecule has 0 saturated carbocycles. The monoisotopic (exact) mass is 170 g/mol. The Balaban J connectivity index is 2.64. The summed E-state index contributed by atoms with van der Waals surface area (Å²) >= 11 is 0. The molecule has 68 valence electrons. The van der Waals surface area contributed by atoms with Crippen LogP contribution in [0.3, 0.4) is 0 Å². The highest BCUT2D eigenvalue weighted by Gasteiger charge is 2.07. The SMILES string of the molecule is CC(O)c1n[nH]c(CN(C)C)n1. The molecule has 5 heteroatoms. The van der Waals surface area contributed by atoms with Crippen molar-refractivity contribution in [3.05, 3.63) is 11.6 Å². The first-order valence-corrected chi connectivity index (χ1v) is 3.83. The van der Waals surface area contributed by atoms with E-state index in [9.17, 15) is 0 Å². The van der Waals surface area contributed by atoms with E-state index in [1.807, 2.05) is 19.0 Å². The molecule has 0 aliphatic heterocycles. The summed E-state index contributed by atoms with van der Waals surface area (Å²) in [7, 11) is 3.90. The van der Waals surface area contributed by atoms with Gasteiger partial charge in [0.1, 0.15) is 11.9 Å². The first kappa shape index (κ1) is 9.15. The fraction of sp³-hybridized carbons (Fsp3) is 0.714. The van der Waals surface area contributed by atoms with Gasteiger partial charge in [0.15, 0.2) is 5.82 Å². The van der Waals surface area contributed by atoms with Crippen molar-refractivity contribution in [1.82, 2.24) is 20.1 Å². The maximum atomic E-state index is 9.11. The summed E-state index contributed by atoms with van der Waals surface area (Å²) in [5, 5.41) is 15.7. The molecule has 1 aromatic heterocycles. The Kier molecular flexibility index (Phi) is 2.78. The molecule has 1 aromatic rings. The van der Waals surface area contributed by atoms with E-state index in [0.717, 1.165) is 5.82 Å². The van der Waals surface area contributed by atoms with Crippen molar-refractivity contribution in [2.24, 2.45) is 0 Å². The number of rotatable bonds is 3. The van der Waals surface area contributed by atoms with Gasteiger partial charge in [0.25, 0.3) is 0 Å². The van der Waals surface area contributed by atoms with E-state index in [-0.39, 0.29) is 0 Å². The Labute approximate surface area is 71.4 Å². The molecule has 0 bridgehead atoms. The molecule has 5 nitrogen and oxygen atoms in total. The third-order valence-electron chi connectivity index (χ3n) is 1.39. The van der Waals surface area contributed by atoms with E-state index in [0.29, 0.717) is 12.4 Å². The van der Waals surface area contributed by atoms with Gasteiger partial charge in [-0.1, -0.05) is 0 Å². The van der Waals surface area contributed by atoms with E-state index >= 15 is 0 Å². The van der Waals surface area contributed by atoms with E-state index in [1.54, 1.807) is 6.92 Å². The molecule has 2 N–H and O–H groups in total. The molecule has 12 heavy (non-hydrogen) atoms. The van der Waals surface area contributed by atoms with Gasteiger partial charge in [-0.05, 0) is 21.0 Å². The van der Waals surface area contributed by atoms with Crippen molar-refractivity contribution in [2.75, 3.05) is 14.1 Å². The van der Waals surface area contributed by atoms with Gasteiger partial charge in [-0.2, -0.15) is 5.10 Å². The van der Waals surface area contributed by atoms with Crippen molar-refractivity contribution in [3.8, 4) is 0 Å². The van der Waals surface area contributed by atoms with Crippen LogP contribution in [0.5, 0.6) is 0 Å². The number of nitrogens with one attached hydrogen (secondary N) is 1. The second-order valence-electron chi connectivity index (χ2n) is 3.05. The molecule has 0 amide bonds. The van der Waals surface area contributed by atoms with Crippen LogP contribution in [0.4, 0.5) is 0 Å². The molecular formula is C7H14N4O. The van der Waals surface area contributed by atoms with Crippen LogP contribution in [0.15, 0.2) is 0 Å². The van der Waals surface area contributed by atoms with Crippen LogP contribution >= 0.6 is 0 Å². The van der Waals surface area contributed by atoms with Crippen LogP contribution in [0.2, 0.25) is 0 Å². The van der Waals surface area contributed by atoms with E-state index < -0.39 is 6.10 Å². The third-order valence-corrected chi connectivity index (χ3v) is 1.39. The summed E-state index contributed by atoms with van der Waals surface area (Å²) in [5.74, 6) is 1.22. The van der Waals surface area contributed by atoms with Gasteiger partial charge in [0, 0.05) is 0 Å². The number of hydrogen-bond donors (Lipinski definition) is 2. The fourth-order valence-electron chi connectivity index (χ4n) is 0.867. The smallest absolute Gasteiger partial charge is 0.178 e. The van der Waals surface area contributed by atoms with E-state index in [1.165, 1.54) is 0 Å². The van der Waals surface area contributed by atoms with Crippen LogP contribution in [0.1, 0.15) is 24.7 Å². The van der Waals surface area contributed by atoms with E-state index in [2.05, 4.69) is 15.2 Å². The Morgan fingerprint density at radius 3 is 2.67 bits per heavy atom. The average molecular weight is 170 g/mol. The van der Waals surface area contributed by atoms with Crippen LogP contribution in [0.25, 0.3) is 0 Å². The second kappa shape index (κ2) is 3.64. The largest absolute Gasteiger partial charge is 0.385 e. The number of aromatic amines is 1. The Bertz CT molecular complexity index is 243. The molecule has 0 aliphatic carbocycles. The maximum absolute atomic E-state index is 9.11. The standard InChI is InChI=1S/C7H14N4O/c1-5(12)7-8-6(9-10-7)4-11(2)3/h5,12H,4H2,1-3H3,(H,8,9,10). The molecule has 0 saturated heterocycles. The number of aliphatic hydroxyl groups excluding tert-OH is 1. The lowest BCUT2D eigenvalue weighted by Crippen LogP contribution is -2.11. The Hall–Kier alpha value is -0.940. The molecule has 0 fully saturated rings. The molecule has 1 atom stereocenters. The topological polar surface area (TPSA) is 65.0 Å². The van der Waals surface area contributed by atoms with Crippen molar-refractivity contribution in [1.29, 1.82) is 0 Å². The average Bonchev–Trinajstić information content (AvgIpc) is 2.34. The van der Waals surface area contributed by atoms with Gasteiger partial charge in [-0.3, -0.25) is 5.10 Å². The molecule has 1 unspecified atom stereocenters. The highest BCUT2D eigenvalue weighted by atomic mass is 16.3. The number of aromatic nitrogens is 3. The minimum atomic E-state index is -0.600. The Morgan fingerprint density at radius 1 is 1.58 bits per heavy atom. The van der Waals surface area contributed by atoms with Crippen molar-refractivity contribution in [3.63, 3.8) is 0 Å². The maximum Gasteiger partial charge on any atom is 0.178 e. The molecule has 0 aliphatic rings. The number of aliphatic hydroxyl groups is 1. The quantitative estimate of drug-likeness (QED) is 0.666. The molecule has 0 radical (unpaired) electrons. The van der Waals surface area contributed by atoms with Crippen LogP contribution < -0.4 is 0 Å². The Morgan fingerprint density at radius 2 is 2.25 bits per heavy atom. The minimum Gasteiger partial charge on any atom is -0.385 e. The molecule has 1 rings (SSSR count). The minimum absolute atomic E-state index is 0.451. The fourth-order valence-corrected chi connectivity index (χ4v) is 0.867. The number of nitrogens with zero attached hydrogens (tertiary/aromatic N) is 3. The van der Waals surface area contributed by atoms with Gasteiger partial charge in [-0.15, -0.1) is 0 Å². The molecule has 0 spiro atoms. The predicted molar refractivity (Wildman–Crippen MR) is 44.4 cm³/mol. The zero-order valence-electron chi connectivity index (χ0n) is 7.57. The molecular weight excluding hydrogens is 156 g/mol. The summed E-state index contributed by atoms with van der Waals surface area (Å²) in [4.78, 5) is 6.07. The molecule has 0 aromatic carbocycles. The van der Waals surface area contributed by atoms with Crippen molar-refractivity contribution < 1.29 is 5.11 Å². The summed E-state index contributed by atoms with van der Waals surface area (Å²) in [6.07, 6.45) is -0.600. The lowest BCUT2D eigenvalue weighted by atomic mass is 10.4. The summed E-state index contributed by atoms with van der Waals surface area (Å²) in [5.41, 5.74) is 0. The van der Waals surface area contributed by atoms with Gasteiger partial charge in [0.05, 0.1) is 6.54 Å². The van der Waals surface area contributed by atoms with Gasteiger partial charge in [0.2, 0.25) is 0 Å². The zero-order chi connectivity index (χ0) is 9.14. The summed E-state index contributed by atoms with van der Waals surface area (Å²) in [6, 6.07) is 0. The normalized spacial score (nSPS) is 13.8. The predicted octanol–water partition coefficient (Wildman–Crippen LogP) is -0.0804. The second-order valence-corrected chi connectivity index (χ2v) is 3.05. The van der Waals surface area contributed by atoms with Crippen LogP contribution in [-0.2, 0) is 6.54 Å². The summed E-state index contributed by atoms with van der Waals surface area (Å²) < 4.78 is 0. The zero-order valence-corrected chi connectivity index (χ0v) is 7.57. The lowest BCUT2D eigenvalue weighted by Gasteiger charge is -2.04. The van der Waals surface area contributed by atoms with Crippen LogP contribution in [-0.4, -0.2) is 39.3 Å². The van der Waals surface area contributed by atoms with Gasteiger partial charge in [-0.25, -0.2) is 4.98 Å². The first-order chi connectivity index (χ1) is 5.59. The van der Waals surface area contributed by atoms with Gasteiger partial charge >= 0.3 is 0 Å². The van der Waals surface area contributed by atoms with Crippen molar-refractivity contribution in [2.45, 2.75) is 19.6 Å². The van der Waals surface area contributed by atoms with Crippen molar-refractivity contribution >= 4 is 0 Å². The number of H-pyrrole nitrogens is 1. The van der Waals surface area contributed by atoms with Gasteiger partial charge < -0.3 is 10.0 Å². The highest BCUT2D eigenvalue weighted by Crippen LogP contribution is 2.05. The first-order valence-electron chi connectivity index (χ1n) is 3.83. The van der Waals surface area contributed by atoms with Crippen LogP contribution in [0, 0.1) is 0 Å². The highest BCUT2D eigenvalue weighted by molar-refractivity contribution is 4.92. The number of hydrogen-bond acceptors (Lipinski definition) is 4. The summed E-state index contributed by atoms with van der Waals surface area (Å²) in [6.45, 7) is 2.35. The third kappa shape index (κ3) is 2.28. The molecule has 1 heterocycles. The lowest BCUT2D eigenvalue weighted by molar-refractivity contribution is 0.189.